The van der Waals surface area contributed by atoms with Gasteiger partial charge in [0.1, 0.15) is 5.54 Å². The van der Waals surface area contributed by atoms with Gasteiger partial charge in [-0.2, -0.15) is 0 Å². The van der Waals surface area contributed by atoms with Gasteiger partial charge >= 0.3 is 0 Å². The molecule has 14 heteroatoms. The molecule has 0 bridgehead atoms. The van der Waals surface area contributed by atoms with Crippen LogP contribution >= 0.6 is 0 Å². The van der Waals surface area contributed by atoms with Gasteiger partial charge in [0, 0.05) is 12.1 Å². The maximum absolute atomic E-state index is 11.6. The highest BCUT2D eigenvalue weighted by Gasteiger charge is 2.41. The monoisotopic (exact) mass is 440 g/mol. The van der Waals surface area contributed by atoms with Gasteiger partial charge in [-0.25, -0.2) is 0 Å². The lowest BCUT2D eigenvalue weighted by atomic mass is 9.82. The van der Waals surface area contributed by atoms with Gasteiger partial charge in [-0.1, -0.05) is 11.8 Å². The van der Waals surface area contributed by atoms with Gasteiger partial charge in [0.15, 0.2) is 0 Å². The molecule has 2 rings (SSSR count). The number of non-ortho nitro benzene ring substituents is 2. The molecule has 0 saturated heterocycles. The van der Waals surface area contributed by atoms with Crippen molar-refractivity contribution in [3.05, 3.63) is 88.0 Å². The molecular formula is C18H12N6O8. The van der Waals surface area contributed by atoms with Gasteiger partial charge in [0.2, 0.25) is 0 Å². The number of nitro groups is 4. The van der Waals surface area contributed by atoms with Gasteiger partial charge in [-0.05, 0) is 24.0 Å². The maximum Gasteiger partial charge on any atom is 0.282 e. The van der Waals surface area contributed by atoms with E-state index < -0.39 is 59.1 Å². The van der Waals surface area contributed by atoms with E-state index in [0.29, 0.717) is 12.1 Å². The van der Waals surface area contributed by atoms with Crippen LogP contribution in [0.15, 0.2) is 36.4 Å². The fourth-order valence-corrected chi connectivity index (χ4v) is 2.74. The first kappa shape index (κ1) is 23.4. The minimum absolute atomic E-state index is 0.0817. The highest BCUT2D eigenvalue weighted by Crippen LogP contribution is 2.40. The number of rotatable bonds is 6. The second-order valence-electron chi connectivity index (χ2n) is 6.00. The number of nitro benzene ring substituents is 4. The van der Waals surface area contributed by atoms with Crippen LogP contribution in [0.5, 0.6) is 0 Å². The zero-order valence-corrected chi connectivity index (χ0v) is 15.9. The van der Waals surface area contributed by atoms with Crippen LogP contribution in [-0.2, 0) is 5.54 Å². The van der Waals surface area contributed by atoms with Crippen LogP contribution in [0.25, 0.3) is 0 Å². The van der Waals surface area contributed by atoms with Crippen LogP contribution in [-0.4, -0.2) is 26.2 Å². The van der Waals surface area contributed by atoms with Crippen LogP contribution in [0, 0.1) is 64.1 Å². The van der Waals surface area contributed by atoms with E-state index in [9.17, 15) is 40.5 Å². The Kier molecular flexibility index (Phi) is 6.76. The molecule has 4 N–H and O–H groups in total. The lowest BCUT2D eigenvalue weighted by Crippen LogP contribution is -2.38. The van der Waals surface area contributed by atoms with Crippen molar-refractivity contribution in [1.82, 2.24) is 0 Å². The molecular weight excluding hydrogens is 428 g/mol. The third-order valence-electron chi connectivity index (χ3n) is 4.14. The Hall–Kier alpha value is -4.92. The van der Waals surface area contributed by atoms with E-state index in [1.165, 1.54) is 0 Å². The summed E-state index contributed by atoms with van der Waals surface area (Å²) >= 11 is 0. The van der Waals surface area contributed by atoms with Crippen molar-refractivity contribution in [2.24, 2.45) is 11.5 Å². The molecule has 0 aliphatic rings. The zero-order chi connectivity index (χ0) is 24.1. The third kappa shape index (κ3) is 4.62. The molecule has 0 amide bonds. The Labute approximate surface area is 178 Å². The molecule has 2 aromatic rings. The molecule has 0 heterocycles. The summed E-state index contributed by atoms with van der Waals surface area (Å²) in [5.74, 6) is 9.42. The standard InChI is InChI=1S/C18H12N6O8/c19-9-3-1-2-8-18(20,14-6-4-12(21(25)26)10-16(14)23(29)30)15-7-5-13(22(27)28)11-17(15)24(31)32/h4-7,10-11H,9,19-20H2. The molecule has 0 aliphatic carbocycles. The van der Waals surface area contributed by atoms with Crippen LogP contribution in [0.3, 0.4) is 0 Å². The molecule has 0 radical (unpaired) electrons. The maximum atomic E-state index is 11.6. The third-order valence-corrected chi connectivity index (χ3v) is 4.14. The molecule has 0 aromatic heterocycles. The molecule has 0 unspecified atom stereocenters. The fraction of sp³-hybridized carbons (Fsp3) is 0.111. The number of nitrogens with zero attached hydrogens (tertiary/aromatic N) is 4. The minimum atomic E-state index is -2.29. The molecule has 0 saturated carbocycles. The number of nitrogens with two attached hydrogens (primary N) is 2. The van der Waals surface area contributed by atoms with E-state index in [2.05, 4.69) is 23.7 Å². The van der Waals surface area contributed by atoms with Crippen molar-refractivity contribution in [3.8, 4) is 23.7 Å². The summed E-state index contributed by atoms with van der Waals surface area (Å²) in [6.07, 6.45) is 0. The quantitative estimate of drug-likeness (QED) is 0.373. The van der Waals surface area contributed by atoms with Crippen LogP contribution in [0.2, 0.25) is 0 Å². The van der Waals surface area contributed by atoms with Crippen LogP contribution in [0.1, 0.15) is 11.1 Å². The van der Waals surface area contributed by atoms with Crippen molar-refractivity contribution in [2.45, 2.75) is 5.54 Å². The minimum Gasteiger partial charge on any atom is -0.320 e. The molecule has 14 nitrogen and oxygen atoms in total. The Bertz CT molecular complexity index is 1190. The average Bonchev–Trinajstić information content (AvgIpc) is 2.75. The molecule has 2 aromatic carbocycles. The lowest BCUT2D eigenvalue weighted by Gasteiger charge is -2.24. The van der Waals surface area contributed by atoms with E-state index in [-0.39, 0.29) is 6.54 Å². The first-order valence-corrected chi connectivity index (χ1v) is 8.38. The lowest BCUT2D eigenvalue weighted by molar-refractivity contribution is -0.395. The van der Waals surface area contributed by atoms with Crippen molar-refractivity contribution in [3.63, 3.8) is 0 Å². The molecule has 32 heavy (non-hydrogen) atoms. The van der Waals surface area contributed by atoms with Crippen molar-refractivity contribution >= 4 is 22.7 Å². The number of benzene rings is 2. The summed E-state index contributed by atoms with van der Waals surface area (Å²) in [6.45, 7) is -0.0817. The molecule has 0 spiro atoms. The van der Waals surface area contributed by atoms with Gasteiger partial charge in [-0.3, -0.25) is 40.5 Å². The second kappa shape index (κ2) is 9.26. The normalized spacial score (nSPS) is 10.2. The molecule has 0 aliphatic heterocycles. The van der Waals surface area contributed by atoms with Crippen molar-refractivity contribution < 1.29 is 19.7 Å². The summed E-state index contributed by atoms with van der Waals surface area (Å²) in [7, 11) is 0. The van der Waals surface area contributed by atoms with Gasteiger partial charge < -0.3 is 11.5 Å². The van der Waals surface area contributed by atoms with Gasteiger partial charge in [0.25, 0.3) is 22.7 Å². The summed E-state index contributed by atoms with van der Waals surface area (Å²) < 4.78 is 0. The van der Waals surface area contributed by atoms with Gasteiger partial charge in [-0.15, -0.1) is 0 Å². The molecule has 162 valence electrons. The summed E-state index contributed by atoms with van der Waals surface area (Å²) in [6, 6.07) is 4.95. The SMILES string of the molecule is NCC#CC#CC(N)(c1ccc([N+](=O)[O-])cc1[N+](=O)[O-])c1ccc([N+](=O)[O-])cc1[N+](=O)[O-]. The Morgan fingerprint density at radius 2 is 1.19 bits per heavy atom. The fourth-order valence-electron chi connectivity index (χ4n) is 2.74. The molecule has 0 atom stereocenters. The van der Waals surface area contributed by atoms with E-state index in [1.807, 2.05) is 0 Å². The Balaban J connectivity index is 2.96. The van der Waals surface area contributed by atoms with Crippen molar-refractivity contribution in [1.29, 1.82) is 0 Å². The average molecular weight is 440 g/mol. The van der Waals surface area contributed by atoms with E-state index in [0.717, 1.165) is 24.3 Å². The highest BCUT2D eigenvalue weighted by atomic mass is 16.6. The van der Waals surface area contributed by atoms with Crippen LogP contribution in [0.4, 0.5) is 22.7 Å². The predicted molar refractivity (Wildman–Crippen MR) is 109 cm³/mol. The van der Waals surface area contributed by atoms with E-state index in [1.54, 1.807) is 0 Å². The summed E-state index contributed by atoms with van der Waals surface area (Å²) in [5, 5.41) is 45.3. The van der Waals surface area contributed by atoms with E-state index in [4.69, 9.17) is 11.5 Å². The van der Waals surface area contributed by atoms with E-state index >= 15 is 0 Å². The second-order valence-corrected chi connectivity index (χ2v) is 6.00. The summed E-state index contributed by atoms with van der Waals surface area (Å²) in [5.41, 5.74) is 5.50. The first-order valence-electron chi connectivity index (χ1n) is 8.38. The summed E-state index contributed by atoms with van der Waals surface area (Å²) in [4.78, 5) is 41.6. The molecule has 0 fully saturated rings. The Morgan fingerprint density at radius 1 is 0.750 bits per heavy atom. The van der Waals surface area contributed by atoms with Crippen molar-refractivity contribution in [2.75, 3.05) is 6.54 Å². The number of hydrogen-bond donors (Lipinski definition) is 2. The smallest absolute Gasteiger partial charge is 0.282 e. The highest BCUT2D eigenvalue weighted by molar-refractivity contribution is 5.65. The van der Waals surface area contributed by atoms with Crippen LogP contribution < -0.4 is 11.5 Å². The predicted octanol–water partition coefficient (Wildman–Crippen LogP) is 1.49. The topological polar surface area (TPSA) is 225 Å². The largest absolute Gasteiger partial charge is 0.320 e. The zero-order valence-electron chi connectivity index (χ0n) is 15.9. The Morgan fingerprint density at radius 3 is 1.53 bits per heavy atom. The first-order chi connectivity index (χ1) is 15.0. The number of hydrogen-bond acceptors (Lipinski definition) is 10. The van der Waals surface area contributed by atoms with Gasteiger partial charge in [0.05, 0.1) is 49.5 Å².